The van der Waals surface area contributed by atoms with Gasteiger partial charge in [0.1, 0.15) is 11.6 Å². The Morgan fingerprint density at radius 3 is 2.95 bits per heavy atom. The second-order valence-corrected chi connectivity index (χ2v) is 4.04. The van der Waals surface area contributed by atoms with Crippen LogP contribution in [0.1, 0.15) is 24.2 Å². The van der Waals surface area contributed by atoms with Crippen molar-refractivity contribution < 1.29 is 13.7 Å². The maximum Gasteiger partial charge on any atom is 0.264 e. The fourth-order valence-corrected chi connectivity index (χ4v) is 1.67. The van der Waals surface area contributed by atoms with E-state index in [2.05, 4.69) is 10.1 Å². The molecule has 2 N–H and O–H groups in total. The van der Waals surface area contributed by atoms with E-state index >= 15 is 0 Å². The number of ether oxygens (including phenoxy) is 1. The number of rotatable bonds is 6. The molecule has 0 saturated heterocycles. The molecular weight excluding hydrogens is 249 g/mol. The molecule has 5 nitrogen and oxygen atoms in total. The van der Waals surface area contributed by atoms with Crippen LogP contribution in [0.5, 0.6) is 5.75 Å². The van der Waals surface area contributed by atoms with Crippen LogP contribution in [0, 0.1) is 5.82 Å². The molecule has 0 radical (unpaired) electrons. The SMILES string of the molecule is CCc1noc(COc2ccc(F)cc2CCN)n1. The Hall–Kier alpha value is -1.95. The van der Waals surface area contributed by atoms with Crippen LogP contribution < -0.4 is 10.5 Å². The molecule has 1 aromatic carbocycles. The van der Waals surface area contributed by atoms with Gasteiger partial charge in [-0.05, 0) is 36.7 Å². The van der Waals surface area contributed by atoms with Crippen molar-refractivity contribution in [1.82, 2.24) is 10.1 Å². The lowest BCUT2D eigenvalue weighted by atomic mass is 10.1. The fourth-order valence-electron chi connectivity index (χ4n) is 1.67. The van der Waals surface area contributed by atoms with E-state index in [1.165, 1.54) is 12.1 Å². The highest BCUT2D eigenvalue weighted by atomic mass is 19.1. The van der Waals surface area contributed by atoms with Gasteiger partial charge in [-0.2, -0.15) is 4.98 Å². The van der Waals surface area contributed by atoms with Crippen LogP contribution in [0.25, 0.3) is 0 Å². The normalized spacial score (nSPS) is 10.7. The molecule has 2 rings (SSSR count). The van der Waals surface area contributed by atoms with Crippen LogP contribution in [-0.2, 0) is 19.4 Å². The summed E-state index contributed by atoms with van der Waals surface area (Å²) < 4.78 is 23.7. The molecule has 0 spiro atoms. The number of nitrogens with two attached hydrogens (primary N) is 1. The van der Waals surface area contributed by atoms with Gasteiger partial charge in [0.2, 0.25) is 0 Å². The minimum absolute atomic E-state index is 0.163. The van der Waals surface area contributed by atoms with E-state index in [1.54, 1.807) is 6.07 Å². The average molecular weight is 265 g/mol. The zero-order chi connectivity index (χ0) is 13.7. The Kier molecular flexibility index (Phi) is 4.46. The predicted molar refractivity (Wildman–Crippen MR) is 67.2 cm³/mol. The molecule has 6 heteroatoms. The molecule has 1 heterocycles. The van der Waals surface area contributed by atoms with Crippen molar-refractivity contribution in [1.29, 1.82) is 0 Å². The smallest absolute Gasteiger partial charge is 0.264 e. The molecule has 102 valence electrons. The molecule has 0 bridgehead atoms. The second-order valence-electron chi connectivity index (χ2n) is 4.04. The number of hydrogen-bond acceptors (Lipinski definition) is 5. The summed E-state index contributed by atoms with van der Waals surface area (Å²) in [4.78, 5) is 4.14. The number of hydrogen-bond donors (Lipinski definition) is 1. The van der Waals surface area contributed by atoms with Gasteiger partial charge in [-0.15, -0.1) is 0 Å². The maximum absolute atomic E-state index is 13.1. The van der Waals surface area contributed by atoms with Gasteiger partial charge in [0.15, 0.2) is 12.4 Å². The number of benzene rings is 1. The van der Waals surface area contributed by atoms with Gasteiger partial charge >= 0.3 is 0 Å². The number of halogens is 1. The van der Waals surface area contributed by atoms with Crippen LogP contribution in [0.15, 0.2) is 22.7 Å². The Labute approximate surface area is 110 Å². The number of aromatic nitrogens is 2. The highest BCUT2D eigenvalue weighted by Crippen LogP contribution is 2.21. The van der Waals surface area contributed by atoms with E-state index in [4.69, 9.17) is 15.0 Å². The van der Waals surface area contributed by atoms with Crippen molar-refractivity contribution in [3.8, 4) is 5.75 Å². The summed E-state index contributed by atoms with van der Waals surface area (Å²) >= 11 is 0. The Morgan fingerprint density at radius 1 is 1.42 bits per heavy atom. The van der Waals surface area contributed by atoms with E-state index < -0.39 is 0 Å². The van der Waals surface area contributed by atoms with E-state index in [0.717, 1.165) is 5.56 Å². The largest absolute Gasteiger partial charge is 0.483 e. The van der Waals surface area contributed by atoms with E-state index in [1.807, 2.05) is 6.92 Å². The van der Waals surface area contributed by atoms with Crippen molar-refractivity contribution in [3.05, 3.63) is 41.3 Å². The second kappa shape index (κ2) is 6.29. The molecule has 1 aromatic heterocycles. The zero-order valence-electron chi connectivity index (χ0n) is 10.7. The molecule has 0 aliphatic heterocycles. The summed E-state index contributed by atoms with van der Waals surface area (Å²) in [5, 5.41) is 3.77. The summed E-state index contributed by atoms with van der Waals surface area (Å²) in [6, 6.07) is 4.35. The van der Waals surface area contributed by atoms with E-state index in [-0.39, 0.29) is 12.4 Å². The van der Waals surface area contributed by atoms with Gasteiger partial charge in [-0.1, -0.05) is 12.1 Å². The Bertz CT molecular complexity index is 542. The van der Waals surface area contributed by atoms with Gasteiger partial charge in [-0.25, -0.2) is 4.39 Å². The molecule has 0 amide bonds. The standard InChI is InChI=1S/C13H16FN3O2/c1-2-12-16-13(19-17-12)8-18-11-4-3-10(14)7-9(11)5-6-15/h3-4,7H,2,5-6,8,15H2,1H3. The summed E-state index contributed by atoms with van der Waals surface area (Å²) in [7, 11) is 0. The monoisotopic (exact) mass is 265 g/mol. The molecule has 0 fully saturated rings. The first-order valence-electron chi connectivity index (χ1n) is 6.15. The van der Waals surface area contributed by atoms with E-state index in [9.17, 15) is 4.39 Å². The third kappa shape index (κ3) is 3.51. The Balaban J connectivity index is 2.05. The molecule has 0 unspecified atom stereocenters. The Morgan fingerprint density at radius 2 is 2.26 bits per heavy atom. The summed E-state index contributed by atoms with van der Waals surface area (Å²) in [6.07, 6.45) is 1.26. The first-order chi connectivity index (χ1) is 9.22. The maximum atomic E-state index is 13.1. The molecule has 0 saturated carbocycles. The quantitative estimate of drug-likeness (QED) is 0.862. The lowest BCUT2D eigenvalue weighted by Gasteiger charge is -2.09. The van der Waals surface area contributed by atoms with Crippen LogP contribution in [-0.4, -0.2) is 16.7 Å². The summed E-state index contributed by atoms with van der Waals surface area (Å²) in [5.74, 6) is 1.32. The highest BCUT2D eigenvalue weighted by molar-refractivity contribution is 5.34. The average Bonchev–Trinajstić information content (AvgIpc) is 2.86. The van der Waals surface area contributed by atoms with Crippen LogP contribution in [0.3, 0.4) is 0 Å². The third-order valence-electron chi connectivity index (χ3n) is 2.61. The molecule has 0 atom stereocenters. The lowest BCUT2D eigenvalue weighted by Crippen LogP contribution is -2.06. The molecular formula is C13H16FN3O2. The van der Waals surface area contributed by atoms with Crippen molar-refractivity contribution in [3.63, 3.8) is 0 Å². The molecule has 0 aliphatic rings. The van der Waals surface area contributed by atoms with Gasteiger partial charge in [-0.3, -0.25) is 0 Å². The molecule has 0 aliphatic carbocycles. The van der Waals surface area contributed by atoms with Crippen molar-refractivity contribution in [2.45, 2.75) is 26.4 Å². The minimum Gasteiger partial charge on any atom is -0.483 e. The van der Waals surface area contributed by atoms with Gasteiger partial charge in [0.05, 0.1) is 0 Å². The predicted octanol–water partition coefficient (Wildman–Crippen LogP) is 1.85. The first kappa shape index (κ1) is 13.5. The van der Waals surface area contributed by atoms with Crippen LogP contribution >= 0.6 is 0 Å². The zero-order valence-corrected chi connectivity index (χ0v) is 10.7. The summed E-state index contributed by atoms with van der Waals surface area (Å²) in [6.45, 7) is 2.53. The van der Waals surface area contributed by atoms with Gasteiger partial charge in [0, 0.05) is 6.42 Å². The highest BCUT2D eigenvalue weighted by Gasteiger charge is 2.09. The van der Waals surface area contributed by atoms with Crippen LogP contribution in [0.4, 0.5) is 4.39 Å². The van der Waals surface area contributed by atoms with Crippen LogP contribution in [0.2, 0.25) is 0 Å². The van der Waals surface area contributed by atoms with Crippen molar-refractivity contribution in [2.75, 3.05) is 6.54 Å². The van der Waals surface area contributed by atoms with Gasteiger partial charge in [0.25, 0.3) is 5.89 Å². The number of aryl methyl sites for hydroxylation is 1. The van der Waals surface area contributed by atoms with Crippen molar-refractivity contribution in [2.24, 2.45) is 5.73 Å². The summed E-state index contributed by atoms with van der Waals surface area (Å²) in [5.41, 5.74) is 6.22. The molecule has 19 heavy (non-hydrogen) atoms. The first-order valence-corrected chi connectivity index (χ1v) is 6.15. The number of nitrogens with zero attached hydrogens (tertiary/aromatic N) is 2. The van der Waals surface area contributed by atoms with E-state index in [0.29, 0.717) is 36.9 Å². The lowest BCUT2D eigenvalue weighted by molar-refractivity contribution is 0.240. The van der Waals surface area contributed by atoms with Gasteiger partial charge < -0.3 is 15.0 Å². The van der Waals surface area contributed by atoms with Crippen molar-refractivity contribution >= 4 is 0 Å². The fraction of sp³-hybridized carbons (Fsp3) is 0.385. The topological polar surface area (TPSA) is 74.2 Å². The minimum atomic E-state index is -0.304. The third-order valence-corrected chi connectivity index (χ3v) is 2.61. The molecule has 2 aromatic rings.